The molecular formula is C17H30N6O6. The summed E-state index contributed by atoms with van der Waals surface area (Å²) < 4.78 is 0. The van der Waals surface area contributed by atoms with E-state index in [2.05, 4.69) is 10.6 Å². The number of unbranched alkanes of at least 4 members (excludes halogenated alkanes) is 1. The molecule has 0 aromatic carbocycles. The first-order valence-electron chi connectivity index (χ1n) is 9.52. The summed E-state index contributed by atoms with van der Waals surface area (Å²) in [7, 11) is 0. The Morgan fingerprint density at radius 1 is 1.07 bits per heavy atom. The van der Waals surface area contributed by atoms with Crippen LogP contribution in [0.5, 0.6) is 0 Å². The summed E-state index contributed by atoms with van der Waals surface area (Å²) in [5, 5.41) is 14.2. The summed E-state index contributed by atoms with van der Waals surface area (Å²) in [5.74, 6) is -3.93. The molecule has 0 aliphatic carbocycles. The van der Waals surface area contributed by atoms with E-state index in [1.807, 2.05) is 0 Å². The van der Waals surface area contributed by atoms with Crippen molar-refractivity contribution in [2.75, 3.05) is 19.6 Å². The van der Waals surface area contributed by atoms with Crippen LogP contribution in [0.4, 0.5) is 0 Å². The first kappa shape index (κ1) is 24.3. The summed E-state index contributed by atoms with van der Waals surface area (Å²) in [6, 6.07) is -3.33. The Balaban J connectivity index is 2.93. The fraction of sp³-hybridized carbons (Fsp3) is 0.706. The van der Waals surface area contributed by atoms with Gasteiger partial charge in [-0.25, -0.2) is 4.79 Å². The standard InChI is InChI=1S/C17H30N6O6/c18-6-2-1-4-10(21-14(25)9-19)15(26)22-11(8-13(20)24)16(27)23-7-3-5-12(23)17(28)29/h10-12H,1-9,18-19H2,(H2,20,24)(H,21,25)(H,22,26)(H,28,29). The number of hydrogen-bond donors (Lipinski definition) is 6. The molecule has 4 amide bonds. The molecule has 3 unspecified atom stereocenters. The third kappa shape index (κ3) is 7.66. The van der Waals surface area contributed by atoms with Crippen LogP contribution in [0, 0.1) is 0 Å². The van der Waals surface area contributed by atoms with Crippen LogP contribution in [0.15, 0.2) is 0 Å². The van der Waals surface area contributed by atoms with Crippen molar-refractivity contribution in [1.82, 2.24) is 15.5 Å². The van der Waals surface area contributed by atoms with E-state index in [0.29, 0.717) is 25.8 Å². The number of amides is 4. The number of nitrogens with zero attached hydrogens (tertiary/aromatic N) is 1. The number of carbonyl (C=O) groups is 5. The van der Waals surface area contributed by atoms with Gasteiger partial charge in [-0.2, -0.15) is 0 Å². The van der Waals surface area contributed by atoms with Gasteiger partial charge >= 0.3 is 5.97 Å². The van der Waals surface area contributed by atoms with Crippen LogP contribution in [0.25, 0.3) is 0 Å². The molecule has 1 rings (SSSR count). The van der Waals surface area contributed by atoms with Crippen LogP contribution < -0.4 is 27.8 Å². The zero-order chi connectivity index (χ0) is 22.0. The molecule has 0 saturated carbocycles. The van der Waals surface area contributed by atoms with Crippen LogP contribution in [-0.4, -0.2) is 77.4 Å². The molecule has 0 aromatic heterocycles. The lowest BCUT2D eigenvalue weighted by molar-refractivity contribution is -0.149. The molecule has 1 heterocycles. The fourth-order valence-corrected chi connectivity index (χ4v) is 3.18. The average Bonchev–Trinajstić information content (AvgIpc) is 3.15. The maximum Gasteiger partial charge on any atom is 0.326 e. The minimum absolute atomic E-state index is 0.199. The highest BCUT2D eigenvalue weighted by molar-refractivity contribution is 5.96. The van der Waals surface area contributed by atoms with Gasteiger partial charge in [0.1, 0.15) is 18.1 Å². The molecule has 0 spiro atoms. The highest BCUT2D eigenvalue weighted by Crippen LogP contribution is 2.19. The molecule has 1 saturated heterocycles. The fourth-order valence-electron chi connectivity index (χ4n) is 3.18. The minimum atomic E-state index is -1.33. The molecule has 0 aromatic rings. The smallest absolute Gasteiger partial charge is 0.326 e. The zero-order valence-corrected chi connectivity index (χ0v) is 16.3. The summed E-state index contributed by atoms with van der Waals surface area (Å²) in [4.78, 5) is 61.0. The maximum atomic E-state index is 12.8. The predicted octanol–water partition coefficient (Wildman–Crippen LogP) is -3.01. The SMILES string of the molecule is NCCCCC(NC(=O)CN)C(=O)NC(CC(N)=O)C(=O)N1CCCC1C(=O)O. The first-order chi connectivity index (χ1) is 13.7. The van der Waals surface area contributed by atoms with Crippen molar-refractivity contribution in [1.29, 1.82) is 0 Å². The minimum Gasteiger partial charge on any atom is -0.480 e. The number of aliphatic carboxylic acids is 1. The summed E-state index contributed by atoms with van der Waals surface area (Å²) in [5.41, 5.74) is 15.9. The van der Waals surface area contributed by atoms with Gasteiger partial charge < -0.3 is 37.8 Å². The molecule has 0 bridgehead atoms. The van der Waals surface area contributed by atoms with Crippen LogP contribution in [-0.2, 0) is 24.0 Å². The number of carboxylic acid groups (broad SMARTS) is 1. The normalized spacial score (nSPS) is 18.0. The van der Waals surface area contributed by atoms with Gasteiger partial charge in [0, 0.05) is 6.54 Å². The van der Waals surface area contributed by atoms with E-state index in [0.717, 1.165) is 4.90 Å². The Bertz CT molecular complexity index is 628. The number of nitrogens with one attached hydrogen (secondary N) is 2. The van der Waals surface area contributed by atoms with Crippen molar-refractivity contribution < 1.29 is 29.1 Å². The van der Waals surface area contributed by atoms with Gasteiger partial charge in [0.25, 0.3) is 0 Å². The molecule has 12 heteroatoms. The van der Waals surface area contributed by atoms with Crippen molar-refractivity contribution >= 4 is 29.6 Å². The van der Waals surface area contributed by atoms with E-state index in [-0.39, 0.29) is 25.9 Å². The van der Waals surface area contributed by atoms with Crippen molar-refractivity contribution in [3.63, 3.8) is 0 Å². The second-order valence-electron chi connectivity index (χ2n) is 6.87. The Morgan fingerprint density at radius 3 is 2.31 bits per heavy atom. The lowest BCUT2D eigenvalue weighted by Crippen LogP contribution is -2.57. The van der Waals surface area contributed by atoms with E-state index < -0.39 is 54.1 Å². The van der Waals surface area contributed by atoms with Gasteiger partial charge in [0.2, 0.25) is 23.6 Å². The van der Waals surface area contributed by atoms with Crippen molar-refractivity contribution in [3.8, 4) is 0 Å². The Morgan fingerprint density at radius 2 is 1.76 bits per heavy atom. The number of rotatable bonds is 12. The van der Waals surface area contributed by atoms with Crippen molar-refractivity contribution in [2.24, 2.45) is 17.2 Å². The maximum absolute atomic E-state index is 12.8. The second-order valence-corrected chi connectivity index (χ2v) is 6.87. The number of nitrogens with two attached hydrogens (primary N) is 3. The van der Waals surface area contributed by atoms with Gasteiger partial charge in [0.05, 0.1) is 13.0 Å². The molecule has 0 radical (unpaired) electrons. The predicted molar refractivity (Wildman–Crippen MR) is 102 cm³/mol. The van der Waals surface area contributed by atoms with Crippen molar-refractivity contribution in [2.45, 2.75) is 56.7 Å². The Kier molecular flexibility index (Phi) is 10.0. The molecule has 164 valence electrons. The van der Waals surface area contributed by atoms with Crippen molar-refractivity contribution in [3.05, 3.63) is 0 Å². The Labute approximate surface area is 168 Å². The quantitative estimate of drug-likeness (QED) is 0.181. The number of hydrogen-bond acceptors (Lipinski definition) is 7. The third-order valence-electron chi connectivity index (χ3n) is 4.62. The number of carboxylic acids is 1. The van der Waals surface area contributed by atoms with E-state index in [4.69, 9.17) is 17.2 Å². The third-order valence-corrected chi connectivity index (χ3v) is 4.62. The number of likely N-dealkylation sites (tertiary alicyclic amines) is 1. The molecule has 1 fully saturated rings. The molecule has 12 nitrogen and oxygen atoms in total. The van der Waals surface area contributed by atoms with Gasteiger partial charge in [-0.05, 0) is 38.6 Å². The van der Waals surface area contributed by atoms with Crippen LogP contribution in [0.3, 0.4) is 0 Å². The molecule has 3 atom stereocenters. The second kappa shape index (κ2) is 12.0. The molecule has 1 aliphatic heterocycles. The average molecular weight is 414 g/mol. The summed E-state index contributed by atoms with van der Waals surface area (Å²) in [6.45, 7) is 0.288. The summed E-state index contributed by atoms with van der Waals surface area (Å²) >= 11 is 0. The van der Waals surface area contributed by atoms with Gasteiger partial charge in [-0.3, -0.25) is 19.2 Å². The lowest BCUT2D eigenvalue weighted by Gasteiger charge is -2.28. The highest BCUT2D eigenvalue weighted by atomic mass is 16.4. The largest absolute Gasteiger partial charge is 0.480 e. The van der Waals surface area contributed by atoms with Crippen LogP contribution in [0.1, 0.15) is 38.5 Å². The lowest BCUT2D eigenvalue weighted by atomic mass is 10.1. The number of carbonyl (C=O) groups excluding carboxylic acids is 4. The molecule has 1 aliphatic rings. The molecule has 9 N–H and O–H groups in total. The van der Waals surface area contributed by atoms with Gasteiger partial charge in [0.15, 0.2) is 0 Å². The monoisotopic (exact) mass is 414 g/mol. The Hall–Kier alpha value is -2.73. The van der Waals surface area contributed by atoms with E-state index >= 15 is 0 Å². The molecule has 29 heavy (non-hydrogen) atoms. The first-order valence-corrected chi connectivity index (χ1v) is 9.52. The van der Waals surface area contributed by atoms with Gasteiger partial charge in [-0.1, -0.05) is 0 Å². The van der Waals surface area contributed by atoms with Crippen LogP contribution >= 0.6 is 0 Å². The van der Waals surface area contributed by atoms with Gasteiger partial charge in [-0.15, -0.1) is 0 Å². The van der Waals surface area contributed by atoms with E-state index in [1.54, 1.807) is 0 Å². The number of primary amides is 1. The highest BCUT2D eigenvalue weighted by Gasteiger charge is 2.38. The topological polar surface area (TPSA) is 211 Å². The summed E-state index contributed by atoms with van der Waals surface area (Å²) in [6.07, 6.45) is 1.71. The molecular weight excluding hydrogens is 384 g/mol. The van der Waals surface area contributed by atoms with E-state index in [1.165, 1.54) is 0 Å². The van der Waals surface area contributed by atoms with Crippen LogP contribution in [0.2, 0.25) is 0 Å². The van der Waals surface area contributed by atoms with E-state index in [9.17, 15) is 29.1 Å². The zero-order valence-electron chi connectivity index (χ0n) is 16.3.